The molecular weight excluding hydrogens is 254 g/mol. The van der Waals surface area contributed by atoms with Crippen molar-refractivity contribution in [3.63, 3.8) is 0 Å². The van der Waals surface area contributed by atoms with Crippen LogP contribution in [0.15, 0.2) is 29.2 Å². The van der Waals surface area contributed by atoms with E-state index in [1.165, 1.54) is 19.2 Å². The van der Waals surface area contributed by atoms with Crippen molar-refractivity contribution in [2.24, 2.45) is 5.73 Å². The standard InChI is InChI=1S/C11H17N3O3S/c1-8(12)9-4-3-5-10(6-9)18(16,17)14-7-11(15)13-2/h3-6,8,14H,7,12H2,1-2H3,(H,13,15). The van der Waals surface area contributed by atoms with Gasteiger partial charge in [-0.1, -0.05) is 12.1 Å². The van der Waals surface area contributed by atoms with Crippen molar-refractivity contribution in [3.05, 3.63) is 29.8 Å². The van der Waals surface area contributed by atoms with Gasteiger partial charge in [0.15, 0.2) is 0 Å². The number of sulfonamides is 1. The molecule has 0 bridgehead atoms. The molecule has 0 aromatic heterocycles. The summed E-state index contributed by atoms with van der Waals surface area (Å²) in [5.41, 5.74) is 6.41. The first kappa shape index (κ1) is 14.6. The van der Waals surface area contributed by atoms with Gasteiger partial charge in [-0.05, 0) is 24.6 Å². The Labute approximate surface area is 107 Å². The molecule has 0 saturated carbocycles. The number of amides is 1. The second-order valence-electron chi connectivity index (χ2n) is 3.86. The Morgan fingerprint density at radius 2 is 2.11 bits per heavy atom. The van der Waals surface area contributed by atoms with Gasteiger partial charge in [0.2, 0.25) is 15.9 Å². The molecule has 0 saturated heterocycles. The number of benzene rings is 1. The summed E-state index contributed by atoms with van der Waals surface area (Å²) >= 11 is 0. The summed E-state index contributed by atoms with van der Waals surface area (Å²) in [6, 6.07) is 6.07. The minimum absolute atomic E-state index is 0.0983. The highest BCUT2D eigenvalue weighted by Gasteiger charge is 2.15. The molecule has 0 radical (unpaired) electrons. The van der Waals surface area contributed by atoms with Crippen molar-refractivity contribution in [2.75, 3.05) is 13.6 Å². The van der Waals surface area contributed by atoms with Gasteiger partial charge in [0.05, 0.1) is 11.4 Å². The number of nitrogens with one attached hydrogen (secondary N) is 2. The van der Waals surface area contributed by atoms with Crippen LogP contribution < -0.4 is 15.8 Å². The molecule has 1 aromatic carbocycles. The summed E-state index contributed by atoms with van der Waals surface area (Å²) in [6.07, 6.45) is 0. The molecule has 0 aliphatic rings. The molecule has 1 aromatic rings. The topological polar surface area (TPSA) is 101 Å². The van der Waals surface area contributed by atoms with Crippen LogP contribution in [0.3, 0.4) is 0 Å². The molecule has 7 heteroatoms. The Bertz CT molecular complexity index is 526. The highest BCUT2D eigenvalue weighted by molar-refractivity contribution is 7.89. The number of hydrogen-bond donors (Lipinski definition) is 3. The van der Waals surface area contributed by atoms with E-state index in [-0.39, 0.29) is 17.5 Å². The molecule has 4 N–H and O–H groups in total. The van der Waals surface area contributed by atoms with Gasteiger partial charge in [0.1, 0.15) is 0 Å². The fraction of sp³-hybridized carbons (Fsp3) is 0.364. The third-order valence-electron chi connectivity index (χ3n) is 2.40. The average Bonchev–Trinajstić information content (AvgIpc) is 2.36. The van der Waals surface area contributed by atoms with E-state index >= 15 is 0 Å². The largest absolute Gasteiger partial charge is 0.358 e. The Morgan fingerprint density at radius 3 is 2.67 bits per heavy atom. The van der Waals surface area contributed by atoms with Crippen molar-refractivity contribution in [1.82, 2.24) is 10.0 Å². The fourth-order valence-electron chi connectivity index (χ4n) is 1.30. The van der Waals surface area contributed by atoms with Crippen LogP contribution in [0.5, 0.6) is 0 Å². The van der Waals surface area contributed by atoms with Crippen molar-refractivity contribution in [3.8, 4) is 0 Å². The number of carbonyl (C=O) groups is 1. The second-order valence-corrected chi connectivity index (χ2v) is 5.63. The number of nitrogens with two attached hydrogens (primary N) is 1. The maximum absolute atomic E-state index is 11.9. The fourth-order valence-corrected chi connectivity index (χ4v) is 2.33. The SMILES string of the molecule is CNC(=O)CNS(=O)(=O)c1cccc(C(C)N)c1. The summed E-state index contributed by atoms with van der Waals surface area (Å²) in [7, 11) is -2.25. The number of likely N-dealkylation sites (N-methyl/N-ethyl adjacent to an activating group) is 1. The molecule has 18 heavy (non-hydrogen) atoms. The summed E-state index contributed by atoms with van der Waals surface area (Å²) in [5, 5.41) is 2.33. The zero-order valence-electron chi connectivity index (χ0n) is 10.3. The molecule has 1 rings (SSSR count). The molecular formula is C11H17N3O3S. The third-order valence-corrected chi connectivity index (χ3v) is 3.79. The monoisotopic (exact) mass is 271 g/mol. The maximum atomic E-state index is 11.9. The van der Waals surface area contributed by atoms with Crippen LogP contribution in [0, 0.1) is 0 Å². The van der Waals surface area contributed by atoms with Gasteiger partial charge < -0.3 is 11.1 Å². The summed E-state index contributed by atoms with van der Waals surface area (Å²) < 4.78 is 26.0. The molecule has 6 nitrogen and oxygen atoms in total. The van der Waals surface area contributed by atoms with E-state index in [2.05, 4.69) is 10.0 Å². The molecule has 0 fully saturated rings. The van der Waals surface area contributed by atoms with Crippen molar-refractivity contribution >= 4 is 15.9 Å². The summed E-state index contributed by atoms with van der Waals surface area (Å²) in [6.45, 7) is 1.48. The van der Waals surface area contributed by atoms with Crippen molar-refractivity contribution in [2.45, 2.75) is 17.9 Å². The first-order chi connectivity index (χ1) is 8.36. The average molecular weight is 271 g/mol. The van der Waals surface area contributed by atoms with E-state index in [0.717, 1.165) is 5.56 Å². The minimum atomic E-state index is -3.69. The second kappa shape index (κ2) is 5.94. The summed E-state index contributed by atoms with van der Waals surface area (Å²) in [4.78, 5) is 11.1. The minimum Gasteiger partial charge on any atom is -0.358 e. The number of carbonyl (C=O) groups excluding carboxylic acids is 1. The highest BCUT2D eigenvalue weighted by Crippen LogP contribution is 2.15. The molecule has 1 atom stereocenters. The van der Waals surface area contributed by atoms with E-state index in [1.54, 1.807) is 19.1 Å². The van der Waals surface area contributed by atoms with Gasteiger partial charge in [-0.3, -0.25) is 4.79 Å². The van der Waals surface area contributed by atoms with Crippen LogP contribution in [0.4, 0.5) is 0 Å². The van der Waals surface area contributed by atoms with Gasteiger partial charge >= 0.3 is 0 Å². The van der Waals surface area contributed by atoms with E-state index in [0.29, 0.717) is 0 Å². The lowest BCUT2D eigenvalue weighted by molar-refractivity contribution is -0.119. The van der Waals surface area contributed by atoms with Crippen molar-refractivity contribution in [1.29, 1.82) is 0 Å². The van der Waals surface area contributed by atoms with E-state index in [4.69, 9.17) is 5.73 Å². The van der Waals surface area contributed by atoms with Gasteiger partial charge in [-0.2, -0.15) is 0 Å². The van der Waals surface area contributed by atoms with Crippen LogP contribution >= 0.6 is 0 Å². The molecule has 1 amide bonds. The van der Waals surface area contributed by atoms with Crippen molar-refractivity contribution < 1.29 is 13.2 Å². The Hall–Kier alpha value is -1.44. The summed E-state index contributed by atoms with van der Waals surface area (Å²) in [5.74, 6) is -0.401. The first-order valence-electron chi connectivity index (χ1n) is 5.42. The van der Waals surface area contributed by atoms with Gasteiger partial charge in [-0.15, -0.1) is 0 Å². The van der Waals surface area contributed by atoms with Gasteiger partial charge in [-0.25, -0.2) is 13.1 Å². The lowest BCUT2D eigenvalue weighted by atomic mass is 10.1. The van der Waals surface area contributed by atoms with Crippen LogP contribution in [0.25, 0.3) is 0 Å². The zero-order valence-corrected chi connectivity index (χ0v) is 11.1. The first-order valence-corrected chi connectivity index (χ1v) is 6.91. The van der Waals surface area contributed by atoms with E-state index in [9.17, 15) is 13.2 Å². The van der Waals surface area contributed by atoms with Crippen LogP contribution in [-0.2, 0) is 14.8 Å². The van der Waals surface area contributed by atoms with E-state index in [1.807, 2.05) is 0 Å². The highest BCUT2D eigenvalue weighted by atomic mass is 32.2. The quantitative estimate of drug-likeness (QED) is 0.686. The zero-order chi connectivity index (χ0) is 13.8. The predicted octanol–water partition coefficient (Wildman–Crippen LogP) is -0.269. The molecule has 0 heterocycles. The third kappa shape index (κ3) is 3.80. The van der Waals surface area contributed by atoms with Gasteiger partial charge in [0, 0.05) is 13.1 Å². The van der Waals surface area contributed by atoms with Crippen LogP contribution in [0.1, 0.15) is 18.5 Å². The molecule has 0 aliphatic heterocycles. The van der Waals surface area contributed by atoms with Gasteiger partial charge in [0.25, 0.3) is 0 Å². The van der Waals surface area contributed by atoms with Crippen LogP contribution in [0.2, 0.25) is 0 Å². The lowest BCUT2D eigenvalue weighted by Gasteiger charge is -2.09. The Kier molecular flexibility index (Phi) is 4.83. The number of rotatable bonds is 5. The maximum Gasteiger partial charge on any atom is 0.241 e. The van der Waals surface area contributed by atoms with Crippen LogP contribution in [-0.4, -0.2) is 27.9 Å². The Morgan fingerprint density at radius 1 is 1.44 bits per heavy atom. The van der Waals surface area contributed by atoms with E-state index < -0.39 is 15.9 Å². The molecule has 100 valence electrons. The molecule has 0 aliphatic carbocycles. The predicted molar refractivity (Wildman–Crippen MR) is 68.3 cm³/mol. The molecule has 1 unspecified atom stereocenters. The Balaban J connectivity index is 2.91. The molecule has 0 spiro atoms. The number of hydrogen-bond acceptors (Lipinski definition) is 4. The smallest absolute Gasteiger partial charge is 0.241 e. The lowest BCUT2D eigenvalue weighted by Crippen LogP contribution is -2.35. The normalized spacial score (nSPS) is 13.1.